The van der Waals surface area contributed by atoms with Crippen LogP contribution in [0.1, 0.15) is 50.7 Å². The van der Waals surface area contributed by atoms with Gasteiger partial charge in [0.15, 0.2) is 0 Å². The third-order valence-electron chi connectivity index (χ3n) is 7.69. The number of urea groups is 2. The molecule has 270 valence electrons. The van der Waals surface area contributed by atoms with Gasteiger partial charge in [0.2, 0.25) is 0 Å². The first-order valence-electron chi connectivity index (χ1n) is 16.2. The number of carbonyl (C=O) groups excluding carboxylic acids is 2. The molecule has 0 saturated carbocycles. The molecule has 0 spiro atoms. The fourth-order valence-electron chi connectivity index (χ4n) is 4.81. The summed E-state index contributed by atoms with van der Waals surface area (Å²) in [5.74, 6) is 0.593. The maximum absolute atomic E-state index is 13.1. The Morgan fingerprint density at radius 2 is 0.750 bits per heavy atom. The lowest BCUT2D eigenvalue weighted by Crippen LogP contribution is -2.19. The molecule has 52 heavy (non-hydrogen) atoms. The molecule has 0 radical (unpaired) electrons. The van der Waals surface area contributed by atoms with Crippen LogP contribution in [-0.4, -0.2) is 28.9 Å². The maximum atomic E-state index is 13.1. The topological polar surface area (TPSA) is 169 Å². The van der Waals surface area contributed by atoms with Gasteiger partial charge in [0.1, 0.15) is 21.3 Å². The highest BCUT2D eigenvalue weighted by atomic mass is 32.2. The number of benzene rings is 5. The second kappa shape index (κ2) is 16.0. The van der Waals surface area contributed by atoms with Crippen molar-refractivity contribution >= 4 is 55.0 Å². The van der Waals surface area contributed by atoms with E-state index in [2.05, 4.69) is 49.0 Å². The van der Waals surface area contributed by atoms with Crippen LogP contribution in [0, 0.1) is 0 Å². The van der Waals surface area contributed by atoms with Gasteiger partial charge in [-0.2, -0.15) is 16.8 Å². The molecular formula is C38H38N4O8S2. The summed E-state index contributed by atoms with van der Waals surface area (Å²) in [5.41, 5.74) is 4.26. The predicted octanol–water partition coefficient (Wildman–Crippen LogP) is 8.76. The van der Waals surface area contributed by atoms with Crippen LogP contribution >= 0.6 is 0 Å². The van der Waals surface area contributed by atoms with E-state index in [4.69, 9.17) is 8.37 Å². The lowest BCUT2D eigenvalue weighted by atomic mass is 10.0. The zero-order valence-corrected chi connectivity index (χ0v) is 30.4. The van der Waals surface area contributed by atoms with Crippen LogP contribution in [0.5, 0.6) is 11.5 Å². The Morgan fingerprint density at radius 3 is 1.04 bits per heavy atom. The van der Waals surface area contributed by atoms with Gasteiger partial charge in [0, 0.05) is 22.7 Å². The van der Waals surface area contributed by atoms with Crippen LogP contribution in [0.15, 0.2) is 131 Å². The molecule has 0 heterocycles. The van der Waals surface area contributed by atoms with Gasteiger partial charge in [-0.15, -0.1) is 0 Å². The van der Waals surface area contributed by atoms with Gasteiger partial charge in [-0.1, -0.05) is 58.0 Å². The van der Waals surface area contributed by atoms with Gasteiger partial charge in [0.05, 0.1) is 0 Å². The van der Waals surface area contributed by atoms with E-state index in [0.717, 1.165) is 17.2 Å². The second-order valence-electron chi connectivity index (χ2n) is 12.3. The lowest BCUT2D eigenvalue weighted by Gasteiger charge is -2.12. The van der Waals surface area contributed by atoms with Crippen molar-refractivity contribution in [1.29, 1.82) is 0 Å². The Morgan fingerprint density at radius 1 is 0.462 bits per heavy atom. The number of rotatable bonds is 12. The van der Waals surface area contributed by atoms with Gasteiger partial charge in [0.25, 0.3) is 0 Å². The van der Waals surface area contributed by atoms with Gasteiger partial charge in [-0.3, -0.25) is 0 Å². The van der Waals surface area contributed by atoms with Crippen molar-refractivity contribution in [1.82, 2.24) is 0 Å². The van der Waals surface area contributed by atoms with Crippen LogP contribution in [0.4, 0.5) is 32.3 Å². The molecular weight excluding hydrogens is 705 g/mol. The fourth-order valence-corrected chi connectivity index (χ4v) is 6.84. The van der Waals surface area contributed by atoms with Crippen molar-refractivity contribution in [2.45, 2.75) is 49.3 Å². The first-order valence-corrected chi connectivity index (χ1v) is 19.0. The van der Waals surface area contributed by atoms with E-state index in [1.165, 1.54) is 66.7 Å². The van der Waals surface area contributed by atoms with Crippen molar-refractivity contribution in [3.63, 3.8) is 0 Å². The van der Waals surface area contributed by atoms with Crippen LogP contribution in [0.3, 0.4) is 0 Å². The molecule has 0 fully saturated rings. The SMILES string of the molecule is CC(C)c1ccc(NC(=O)Nc2ccc(OS(=O)(=O)c3cccc(S(=O)(=O)Oc4ccc(NC(=O)Nc5ccc(C(C)C)cc5)cc4)c3)cc2)cc1. The summed E-state index contributed by atoms with van der Waals surface area (Å²) in [4.78, 5) is 24.0. The molecule has 0 unspecified atom stereocenters. The van der Waals surface area contributed by atoms with E-state index >= 15 is 0 Å². The number of anilines is 4. The Balaban J connectivity index is 1.16. The highest BCUT2D eigenvalue weighted by Crippen LogP contribution is 2.26. The van der Waals surface area contributed by atoms with Crippen LogP contribution in [0.25, 0.3) is 0 Å². The highest BCUT2D eigenvalue weighted by molar-refractivity contribution is 7.88. The Bertz CT molecular complexity index is 2080. The molecule has 5 rings (SSSR count). The number of nitrogens with one attached hydrogen (secondary N) is 4. The standard InChI is InChI=1S/C38H38N4O8S2/c1-25(2)27-8-12-29(13-9-27)39-37(43)41-31-16-20-33(21-17-31)49-51(45,46)35-6-5-7-36(24-35)52(47,48)50-34-22-18-32(19-23-34)42-38(44)40-30-14-10-28(11-15-30)26(3)4/h5-26H,1-4H3,(H2,39,41,43)(H2,40,42,44). The molecule has 12 nitrogen and oxygen atoms in total. The zero-order chi connectivity index (χ0) is 37.5. The normalized spacial score (nSPS) is 11.5. The average Bonchev–Trinajstić information content (AvgIpc) is 3.10. The van der Waals surface area contributed by atoms with E-state index < -0.39 is 42.1 Å². The quantitative estimate of drug-likeness (QED) is 0.0920. The summed E-state index contributed by atoms with van der Waals surface area (Å²) in [5, 5.41) is 10.8. The van der Waals surface area contributed by atoms with E-state index in [1.807, 2.05) is 24.3 Å². The van der Waals surface area contributed by atoms with E-state index in [0.29, 0.717) is 34.6 Å². The second-order valence-corrected chi connectivity index (χ2v) is 15.4. The summed E-state index contributed by atoms with van der Waals surface area (Å²) in [7, 11) is -8.93. The van der Waals surface area contributed by atoms with Gasteiger partial charge >= 0.3 is 32.3 Å². The van der Waals surface area contributed by atoms with Gasteiger partial charge in [-0.25, -0.2) is 9.59 Å². The maximum Gasteiger partial charge on any atom is 0.339 e. The van der Waals surface area contributed by atoms with Crippen molar-refractivity contribution in [2.24, 2.45) is 0 Å². The minimum atomic E-state index is -4.47. The molecule has 0 aliphatic carbocycles. The van der Waals surface area contributed by atoms with E-state index in [1.54, 1.807) is 24.3 Å². The Hall–Kier alpha value is -5.86. The van der Waals surface area contributed by atoms with E-state index in [9.17, 15) is 26.4 Å². The van der Waals surface area contributed by atoms with Crippen molar-refractivity contribution < 1.29 is 34.8 Å². The molecule has 0 aliphatic heterocycles. The summed E-state index contributed by atoms with van der Waals surface area (Å²) in [6.07, 6.45) is 0. The summed E-state index contributed by atoms with van der Waals surface area (Å²) >= 11 is 0. The number of hydrogen-bond acceptors (Lipinski definition) is 8. The summed E-state index contributed by atoms with van der Waals surface area (Å²) < 4.78 is 62.8. The van der Waals surface area contributed by atoms with Crippen LogP contribution < -0.4 is 29.6 Å². The molecule has 5 aromatic rings. The zero-order valence-electron chi connectivity index (χ0n) is 28.8. The number of hydrogen-bond donors (Lipinski definition) is 4. The molecule has 14 heteroatoms. The molecule has 5 aromatic carbocycles. The van der Waals surface area contributed by atoms with Gasteiger partial charge < -0.3 is 29.6 Å². The molecule has 0 atom stereocenters. The smallest absolute Gasteiger partial charge is 0.339 e. The first-order chi connectivity index (χ1) is 24.7. The average molecular weight is 743 g/mol. The van der Waals surface area contributed by atoms with Crippen molar-refractivity contribution in [3.05, 3.63) is 132 Å². The summed E-state index contributed by atoms with van der Waals surface area (Å²) in [6, 6.07) is 29.7. The minimum absolute atomic E-state index is 0.0637. The highest BCUT2D eigenvalue weighted by Gasteiger charge is 2.23. The molecule has 0 saturated heterocycles. The molecule has 0 bridgehead atoms. The summed E-state index contributed by atoms with van der Waals surface area (Å²) in [6.45, 7) is 8.30. The number of carbonyl (C=O) groups is 2. The lowest BCUT2D eigenvalue weighted by molar-refractivity contribution is 0.261. The minimum Gasteiger partial charge on any atom is -0.379 e. The number of amides is 4. The van der Waals surface area contributed by atoms with Crippen LogP contribution in [0.2, 0.25) is 0 Å². The first kappa shape index (κ1) is 37.4. The van der Waals surface area contributed by atoms with Crippen molar-refractivity contribution in [3.8, 4) is 11.5 Å². The van der Waals surface area contributed by atoms with Gasteiger partial charge in [-0.05, 0) is 114 Å². The Labute approximate surface area is 303 Å². The molecule has 4 N–H and O–H groups in total. The third-order valence-corrected chi connectivity index (χ3v) is 10.2. The third kappa shape index (κ3) is 10.1. The fraction of sp³-hybridized carbons (Fsp3) is 0.158. The van der Waals surface area contributed by atoms with Crippen molar-refractivity contribution in [2.75, 3.05) is 21.3 Å². The predicted molar refractivity (Wildman–Crippen MR) is 201 cm³/mol. The van der Waals surface area contributed by atoms with Crippen LogP contribution in [-0.2, 0) is 20.2 Å². The molecule has 4 amide bonds. The Kier molecular flexibility index (Phi) is 11.5. The van der Waals surface area contributed by atoms with E-state index in [-0.39, 0.29) is 11.5 Å². The monoisotopic (exact) mass is 742 g/mol. The molecule has 0 aliphatic rings. The molecule has 0 aromatic heterocycles. The largest absolute Gasteiger partial charge is 0.379 e.